The molecule has 3 rings (SSSR count). The first-order valence-corrected chi connectivity index (χ1v) is 8.99. The van der Waals surface area contributed by atoms with E-state index in [4.69, 9.17) is 0 Å². The average molecular weight is 332 g/mol. The lowest BCUT2D eigenvalue weighted by Crippen LogP contribution is -2.62. The van der Waals surface area contributed by atoms with Crippen molar-refractivity contribution in [3.8, 4) is 0 Å². The van der Waals surface area contributed by atoms with Gasteiger partial charge in [-0.25, -0.2) is 0 Å². The molecule has 0 radical (unpaired) electrons. The second-order valence-corrected chi connectivity index (χ2v) is 7.55. The van der Waals surface area contributed by atoms with Crippen molar-refractivity contribution in [3.63, 3.8) is 0 Å². The Hall–Kier alpha value is -1.85. The fourth-order valence-corrected chi connectivity index (χ4v) is 3.90. The van der Waals surface area contributed by atoms with Gasteiger partial charge in [-0.15, -0.1) is 0 Å². The number of hydrogen-bond donors (Lipinski definition) is 1. The van der Waals surface area contributed by atoms with E-state index in [0.29, 0.717) is 0 Å². The Kier molecular flexibility index (Phi) is 4.65. The Labute approximate surface area is 143 Å². The monoisotopic (exact) mass is 332 g/mol. The van der Waals surface area contributed by atoms with Crippen LogP contribution in [0, 0.1) is 12.8 Å². The van der Waals surface area contributed by atoms with Gasteiger partial charge in [0.15, 0.2) is 0 Å². The summed E-state index contributed by atoms with van der Waals surface area (Å²) in [5, 5.41) is 7.32. The minimum absolute atomic E-state index is 0.0776. The highest BCUT2D eigenvalue weighted by Crippen LogP contribution is 2.41. The van der Waals surface area contributed by atoms with Crippen LogP contribution in [0.15, 0.2) is 12.4 Å². The molecule has 6 heteroatoms. The van der Waals surface area contributed by atoms with Crippen LogP contribution in [-0.4, -0.2) is 44.6 Å². The van der Waals surface area contributed by atoms with Crippen molar-refractivity contribution in [2.24, 2.45) is 5.92 Å². The molecule has 1 aromatic heterocycles. The number of hydrogen-bond acceptors (Lipinski definition) is 3. The van der Waals surface area contributed by atoms with Crippen molar-refractivity contribution < 1.29 is 9.59 Å². The van der Waals surface area contributed by atoms with Crippen LogP contribution in [0.1, 0.15) is 51.5 Å². The van der Waals surface area contributed by atoms with E-state index in [1.54, 1.807) is 0 Å². The first kappa shape index (κ1) is 17.0. The van der Waals surface area contributed by atoms with Crippen LogP contribution < -0.4 is 5.32 Å². The van der Waals surface area contributed by atoms with Crippen LogP contribution in [0.2, 0.25) is 0 Å². The molecule has 6 nitrogen and oxygen atoms in total. The molecule has 2 atom stereocenters. The lowest BCUT2D eigenvalue weighted by molar-refractivity contribution is -0.145. The maximum absolute atomic E-state index is 13.3. The van der Waals surface area contributed by atoms with Crippen molar-refractivity contribution in [1.82, 2.24) is 20.0 Å². The van der Waals surface area contributed by atoms with Gasteiger partial charge >= 0.3 is 0 Å². The topological polar surface area (TPSA) is 67.2 Å². The molecule has 1 saturated heterocycles. The van der Waals surface area contributed by atoms with E-state index >= 15 is 0 Å². The number of nitrogens with one attached hydrogen (secondary N) is 1. The molecule has 0 spiro atoms. The molecule has 2 aliphatic rings. The molecule has 0 aromatic carbocycles. The van der Waals surface area contributed by atoms with Gasteiger partial charge in [0.1, 0.15) is 5.54 Å². The number of piperidine rings is 1. The third kappa shape index (κ3) is 3.47. The molecular formula is C18H28N4O2. The first-order valence-electron chi connectivity index (χ1n) is 8.99. The van der Waals surface area contributed by atoms with Crippen molar-refractivity contribution in [2.45, 2.75) is 71.0 Å². The fourth-order valence-electron chi connectivity index (χ4n) is 3.90. The highest BCUT2D eigenvalue weighted by molar-refractivity contribution is 5.91. The number of likely N-dealkylation sites (tertiary alicyclic amines) is 1. The van der Waals surface area contributed by atoms with Crippen LogP contribution in [0.4, 0.5) is 0 Å². The molecule has 1 aliphatic carbocycles. The van der Waals surface area contributed by atoms with Gasteiger partial charge in [0.2, 0.25) is 11.8 Å². The Morgan fingerprint density at radius 1 is 1.33 bits per heavy atom. The van der Waals surface area contributed by atoms with Crippen molar-refractivity contribution in [1.29, 1.82) is 0 Å². The molecule has 132 valence electrons. The number of aryl methyl sites for hydroxylation is 1. The van der Waals surface area contributed by atoms with Crippen molar-refractivity contribution in [3.05, 3.63) is 18.0 Å². The van der Waals surface area contributed by atoms with E-state index in [1.165, 1.54) is 6.92 Å². The Balaban J connectivity index is 1.78. The lowest BCUT2D eigenvalue weighted by Gasteiger charge is -2.42. The zero-order valence-corrected chi connectivity index (χ0v) is 14.9. The number of nitrogens with zero attached hydrogens (tertiary/aromatic N) is 3. The van der Waals surface area contributed by atoms with Gasteiger partial charge < -0.3 is 10.2 Å². The van der Waals surface area contributed by atoms with E-state index < -0.39 is 5.54 Å². The number of rotatable bonds is 5. The Morgan fingerprint density at radius 2 is 2.08 bits per heavy atom. The average Bonchev–Trinajstić information content (AvgIpc) is 3.31. The summed E-state index contributed by atoms with van der Waals surface area (Å²) in [6, 6.07) is 0.150. The quantitative estimate of drug-likeness (QED) is 0.895. The summed E-state index contributed by atoms with van der Waals surface area (Å²) < 4.78 is 1.93. The Bertz CT molecular complexity index is 622. The maximum atomic E-state index is 13.3. The highest BCUT2D eigenvalue weighted by atomic mass is 16.2. The standard InChI is InChI=1S/C18H28N4O2/c1-13-10-19-21(11-13)12-16-6-4-5-9-22(16)17(24)18(3,15-7-8-15)20-14(2)23/h10-11,15-16H,4-9,12H2,1-3H3,(H,20,23)/t16-,18-/m0/s1. The zero-order chi connectivity index (χ0) is 17.3. The molecule has 2 heterocycles. The summed E-state index contributed by atoms with van der Waals surface area (Å²) in [7, 11) is 0. The molecule has 2 fully saturated rings. The first-order chi connectivity index (χ1) is 11.4. The predicted molar refractivity (Wildman–Crippen MR) is 91.3 cm³/mol. The lowest BCUT2D eigenvalue weighted by atomic mass is 9.90. The van der Waals surface area contributed by atoms with E-state index in [1.807, 2.05) is 35.8 Å². The smallest absolute Gasteiger partial charge is 0.248 e. The molecule has 2 amide bonds. The molecule has 1 aliphatic heterocycles. The van der Waals surface area contributed by atoms with Gasteiger partial charge in [-0.3, -0.25) is 14.3 Å². The van der Waals surface area contributed by atoms with Crippen LogP contribution in [-0.2, 0) is 16.1 Å². The summed E-state index contributed by atoms with van der Waals surface area (Å²) in [6.45, 7) is 6.91. The summed E-state index contributed by atoms with van der Waals surface area (Å²) in [6.07, 6.45) is 9.05. The van der Waals surface area contributed by atoms with E-state index in [2.05, 4.69) is 10.4 Å². The van der Waals surface area contributed by atoms with E-state index in [0.717, 1.165) is 50.8 Å². The van der Waals surface area contributed by atoms with Gasteiger partial charge in [-0.1, -0.05) is 0 Å². The van der Waals surface area contributed by atoms with Gasteiger partial charge in [-0.05, 0) is 57.4 Å². The normalized spacial score (nSPS) is 23.6. The van der Waals surface area contributed by atoms with Crippen LogP contribution in [0.5, 0.6) is 0 Å². The van der Waals surface area contributed by atoms with Crippen LogP contribution in [0.25, 0.3) is 0 Å². The summed E-state index contributed by atoms with van der Waals surface area (Å²) in [5.41, 5.74) is 0.367. The second-order valence-electron chi connectivity index (χ2n) is 7.55. The largest absolute Gasteiger partial charge is 0.342 e. The second kappa shape index (κ2) is 6.57. The highest BCUT2D eigenvalue weighted by Gasteiger charge is 2.50. The summed E-state index contributed by atoms with van der Waals surface area (Å²) >= 11 is 0. The van der Waals surface area contributed by atoms with Crippen LogP contribution >= 0.6 is 0 Å². The predicted octanol–water partition coefficient (Wildman–Crippen LogP) is 1.88. The van der Waals surface area contributed by atoms with Crippen molar-refractivity contribution in [2.75, 3.05) is 6.54 Å². The summed E-state index contributed by atoms with van der Waals surface area (Å²) in [4.78, 5) is 27.0. The molecule has 0 unspecified atom stereocenters. The van der Waals surface area contributed by atoms with Gasteiger partial charge in [0.05, 0.1) is 18.8 Å². The fraction of sp³-hybridized carbons (Fsp3) is 0.722. The van der Waals surface area contributed by atoms with Gasteiger partial charge in [-0.2, -0.15) is 5.10 Å². The molecular weight excluding hydrogens is 304 g/mol. The molecule has 24 heavy (non-hydrogen) atoms. The minimum Gasteiger partial charge on any atom is -0.342 e. The maximum Gasteiger partial charge on any atom is 0.248 e. The van der Waals surface area contributed by atoms with E-state index in [9.17, 15) is 9.59 Å². The molecule has 0 bridgehead atoms. The number of carbonyl (C=O) groups excluding carboxylic acids is 2. The SMILES string of the molecule is CC(=O)N[C@](C)(C(=O)N1CCCC[C@H]1Cn1cc(C)cn1)C1CC1. The number of amides is 2. The van der Waals surface area contributed by atoms with Crippen molar-refractivity contribution >= 4 is 11.8 Å². The summed E-state index contributed by atoms with van der Waals surface area (Å²) in [5.74, 6) is 0.214. The minimum atomic E-state index is -0.762. The number of carbonyl (C=O) groups is 2. The molecule has 1 saturated carbocycles. The van der Waals surface area contributed by atoms with Crippen LogP contribution in [0.3, 0.4) is 0 Å². The van der Waals surface area contributed by atoms with E-state index in [-0.39, 0.29) is 23.8 Å². The molecule has 1 aromatic rings. The third-order valence-electron chi connectivity index (χ3n) is 5.32. The third-order valence-corrected chi connectivity index (χ3v) is 5.32. The Morgan fingerprint density at radius 3 is 2.67 bits per heavy atom. The molecule has 1 N–H and O–H groups in total. The zero-order valence-electron chi connectivity index (χ0n) is 14.9. The van der Waals surface area contributed by atoms with Gasteiger partial charge in [0.25, 0.3) is 0 Å². The van der Waals surface area contributed by atoms with Gasteiger partial charge in [0, 0.05) is 19.7 Å². The number of aromatic nitrogens is 2.